The zero-order chi connectivity index (χ0) is 17.0. The fourth-order valence-corrected chi connectivity index (χ4v) is 6.23. The molecule has 4 aliphatic rings. The Hall–Kier alpha value is -0.530. The molecule has 4 saturated carbocycles. The molecule has 0 N–H and O–H groups in total. The molecule has 4 rings (SSSR count). The SMILES string of the molecule is CCCCCC12CCC(C3CCC(C(=O)OCC)CC3)(CC1)CC2. The fraction of sp³-hybridized carbons (Fsp3) is 0.955. The van der Waals surface area contributed by atoms with Gasteiger partial charge in [0.25, 0.3) is 0 Å². The highest BCUT2D eigenvalue weighted by Crippen LogP contribution is 2.63. The van der Waals surface area contributed by atoms with Crippen molar-refractivity contribution in [1.82, 2.24) is 0 Å². The molecule has 24 heavy (non-hydrogen) atoms. The minimum Gasteiger partial charge on any atom is -0.466 e. The molecule has 4 fully saturated rings. The monoisotopic (exact) mass is 334 g/mol. The maximum Gasteiger partial charge on any atom is 0.308 e. The Morgan fingerprint density at radius 1 is 0.917 bits per heavy atom. The first-order chi connectivity index (χ1) is 11.6. The van der Waals surface area contributed by atoms with Crippen molar-refractivity contribution in [3.63, 3.8) is 0 Å². The third-order valence-electron chi connectivity index (χ3n) is 7.98. The van der Waals surface area contributed by atoms with Crippen LogP contribution in [0.25, 0.3) is 0 Å². The van der Waals surface area contributed by atoms with Gasteiger partial charge in [-0.15, -0.1) is 0 Å². The molecule has 0 heterocycles. The predicted molar refractivity (Wildman–Crippen MR) is 98.8 cm³/mol. The molecular weight excluding hydrogens is 296 g/mol. The van der Waals surface area contributed by atoms with Gasteiger partial charge < -0.3 is 4.74 Å². The number of esters is 1. The molecule has 2 nitrogen and oxygen atoms in total. The minimum atomic E-state index is 0.0654. The van der Waals surface area contributed by atoms with Gasteiger partial charge in [0.15, 0.2) is 0 Å². The molecule has 138 valence electrons. The van der Waals surface area contributed by atoms with Crippen LogP contribution < -0.4 is 0 Å². The van der Waals surface area contributed by atoms with Crippen LogP contribution in [-0.4, -0.2) is 12.6 Å². The van der Waals surface area contributed by atoms with Crippen molar-refractivity contribution in [2.75, 3.05) is 6.61 Å². The third kappa shape index (κ3) is 3.68. The van der Waals surface area contributed by atoms with Gasteiger partial charge in [-0.3, -0.25) is 4.79 Å². The van der Waals surface area contributed by atoms with E-state index in [1.165, 1.54) is 77.0 Å². The molecule has 4 aliphatic carbocycles. The van der Waals surface area contributed by atoms with Crippen molar-refractivity contribution in [1.29, 1.82) is 0 Å². The molecule has 0 amide bonds. The van der Waals surface area contributed by atoms with Crippen molar-refractivity contribution in [3.05, 3.63) is 0 Å². The number of hydrogen-bond donors (Lipinski definition) is 0. The van der Waals surface area contributed by atoms with Crippen LogP contribution in [0.1, 0.15) is 104 Å². The summed E-state index contributed by atoms with van der Waals surface area (Å²) in [5, 5.41) is 0. The zero-order valence-corrected chi connectivity index (χ0v) is 16.1. The molecule has 0 radical (unpaired) electrons. The van der Waals surface area contributed by atoms with E-state index in [1.807, 2.05) is 6.92 Å². The predicted octanol–water partition coefficient (Wildman–Crippen LogP) is 6.28. The van der Waals surface area contributed by atoms with E-state index in [0.29, 0.717) is 12.0 Å². The van der Waals surface area contributed by atoms with Crippen LogP contribution >= 0.6 is 0 Å². The number of fused-ring (bicyclic) bond motifs is 3. The fourth-order valence-electron chi connectivity index (χ4n) is 6.23. The van der Waals surface area contributed by atoms with E-state index in [4.69, 9.17) is 4.74 Å². The summed E-state index contributed by atoms with van der Waals surface area (Å²) in [5.74, 6) is 1.14. The Bertz CT molecular complexity index is 395. The van der Waals surface area contributed by atoms with Crippen LogP contribution in [0.15, 0.2) is 0 Å². The summed E-state index contributed by atoms with van der Waals surface area (Å²) in [5.41, 5.74) is 1.37. The highest BCUT2D eigenvalue weighted by molar-refractivity contribution is 5.72. The molecule has 2 bridgehead atoms. The topological polar surface area (TPSA) is 26.3 Å². The Balaban J connectivity index is 1.50. The minimum absolute atomic E-state index is 0.0654. The van der Waals surface area contributed by atoms with Crippen LogP contribution in [0.2, 0.25) is 0 Å². The van der Waals surface area contributed by atoms with E-state index < -0.39 is 0 Å². The second-order valence-corrected chi connectivity index (χ2v) is 9.12. The normalized spacial score (nSPS) is 38.9. The molecule has 2 heteroatoms. The summed E-state index contributed by atoms with van der Waals surface area (Å²) in [6.07, 6.45) is 19.3. The summed E-state index contributed by atoms with van der Waals surface area (Å²) >= 11 is 0. The van der Waals surface area contributed by atoms with E-state index in [-0.39, 0.29) is 11.9 Å². The molecule has 0 aliphatic heterocycles. The van der Waals surface area contributed by atoms with E-state index in [9.17, 15) is 4.79 Å². The second kappa shape index (κ2) is 7.79. The zero-order valence-electron chi connectivity index (χ0n) is 16.1. The largest absolute Gasteiger partial charge is 0.466 e. The first-order valence-corrected chi connectivity index (χ1v) is 10.8. The summed E-state index contributed by atoms with van der Waals surface area (Å²) < 4.78 is 5.24. The molecule has 0 aromatic carbocycles. The number of rotatable bonds is 7. The van der Waals surface area contributed by atoms with Gasteiger partial charge in [-0.05, 0) is 94.3 Å². The van der Waals surface area contributed by atoms with Crippen LogP contribution in [0, 0.1) is 22.7 Å². The molecule has 0 aromatic rings. The Kier molecular flexibility index (Phi) is 5.93. The van der Waals surface area contributed by atoms with Crippen molar-refractivity contribution in [3.8, 4) is 0 Å². The smallest absolute Gasteiger partial charge is 0.308 e. The van der Waals surface area contributed by atoms with Crippen molar-refractivity contribution < 1.29 is 9.53 Å². The highest BCUT2D eigenvalue weighted by atomic mass is 16.5. The van der Waals surface area contributed by atoms with E-state index in [0.717, 1.165) is 24.2 Å². The third-order valence-corrected chi connectivity index (χ3v) is 7.98. The van der Waals surface area contributed by atoms with E-state index >= 15 is 0 Å². The number of carbonyl (C=O) groups is 1. The van der Waals surface area contributed by atoms with Gasteiger partial charge in [0.05, 0.1) is 12.5 Å². The van der Waals surface area contributed by atoms with Gasteiger partial charge >= 0.3 is 5.97 Å². The maximum atomic E-state index is 12.0. The molecule has 0 atom stereocenters. The second-order valence-electron chi connectivity index (χ2n) is 9.12. The lowest BCUT2D eigenvalue weighted by molar-refractivity contribution is -0.150. The standard InChI is InChI=1S/C22H38O2/c1-3-5-6-11-21-12-15-22(16-13-21,17-14-21)19-9-7-18(8-10-19)20(23)24-4-2/h18-19H,3-17H2,1-2H3. The molecular formula is C22H38O2. The average Bonchev–Trinajstić information content (AvgIpc) is 2.64. The van der Waals surface area contributed by atoms with Gasteiger partial charge in [-0.25, -0.2) is 0 Å². The van der Waals surface area contributed by atoms with Gasteiger partial charge in [0, 0.05) is 0 Å². The Morgan fingerprint density at radius 3 is 2.08 bits per heavy atom. The number of carbonyl (C=O) groups excluding carboxylic acids is 1. The van der Waals surface area contributed by atoms with Gasteiger partial charge in [0.1, 0.15) is 0 Å². The van der Waals surface area contributed by atoms with Gasteiger partial charge in [-0.2, -0.15) is 0 Å². The first kappa shape index (κ1) is 18.3. The van der Waals surface area contributed by atoms with Crippen LogP contribution in [0.4, 0.5) is 0 Å². The Labute approximate surface area is 149 Å². The average molecular weight is 335 g/mol. The van der Waals surface area contributed by atoms with Crippen molar-refractivity contribution in [2.45, 2.75) is 104 Å². The van der Waals surface area contributed by atoms with E-state index in [1.54, 1.807) is 0 Å². The lowest BCUT2D eigenvalue weighted by atomic mass is 9.47. The van der Waals surface area contributed by atoms with Crippen molar-refractivity contribution in [2.24, 2.45) is 22.7 Å². The maximum absolute atomic E-state index is 12.0. The first-order valence-electron chi connectivity index (χ1n) is 10.8. The number of ether oxygens (including phenoxy) is 1. The number of hydrogen-bond acceptors (Lipinski definition) is 2. The molecule has 0 spiro atoms. The summed E-state index contributed by atoms with van der Waals surface area (Å²) in [6, 6.07) is 0. The van der Waals surface area contributed by atoms with Gasteiger partial charge in [-0.1, -0.05) is 26.2 Å². The number of unbranched alkanes of at least 4 members (excludes halogenated alkanes) is 2. The lowest BCUT2D eigenvalue weighted by Gasteiger charge is -2.58. The van der Waals surface area contributed by atoms with Crippen LogP contribution in [-0.2, 0) is 9.53 Å². The summed E-state index contributed by atoms with van der Waals surface area (Å²) in [7, 11) is 0. The molecule has 0 saturated heterocycles. The lowest BCUT2D eigenvalue weighted by Crippen LogP contribution is -2.46. The molecule has 0 aromatic heterocycles. The van der Waals surface area contributed by atoms with E-state index in [2.05, 4.69) is 6.92 Å². The highest BCUT2D eigenvalue weighted by Gasteiger charge is 2.51. The van der Waals surface area contributed by atoms with Crippen molar-refractivity contribution >= 4 is 5.97 Å². The Morgan fingerprint density at radius 2 is 1.54 bits per heavy atom. The van der Waals surface area contributed by atoms with Crippen LogP contribution in [0.3, 0.4) is 0 Å². The van der Waals surface area contributed by atoms with Gasteiger partial charge in [0.2, 0.25) is 0 Å². The summed E-state index contributed by atoms with van der Waals surface area (Å²) in [4.78, 5) is 12.0. The summed E-state index contributed by atoms with van der Waals surface area (Å²) in [6.45, 7) is 4.76. The van der Waals surface area contributed by atoms with Crippen LogP contribution in [0.5, 0.6) is 0 Å². The molecule has 0 unspecified atom stereocenters. The quantitative estimate of drug-likeness (QED) is 0.405.